The molecule has 1 atom stereocenters. The van der Waals surface area contributed by atoms with Crippen LogP contribution in [0.15, 0.2) is 42.6 Å². The van der Waals surface area contributed by atoms with E-state index < -0.39 is 12.0 Å². The van der Waals surface area contributed by atoms with Crippen LogP contribution in [0.1, 0.15) is 32.3 Å². The predicted octanol–water partition coefficient (Wildman–Crippen LogP) is 4.93. The van der Waals surface area contributed by atoms with Crippen LogP contribution < -0.4 is 5.32 Å². The van der Waals surface area contributed by atoms with Crippen molar-refractivity contribution in [1.29, 1.82) is 0 Å². The molecule has 0 bridgehead atoms. The summed E-state index contributed by atoms with van der Waals surface area (Å²) in [6, 6.07) is 9.42. The Morgan fingerprint density at radius 2 is 1.90 bits per heavy atom. The van der Waals surface area contributed by atoms with Crippen molar-refractivity contribution in [2.75, 3.05) is 5.32 Å². The van der Waals surface area contributed by atoms with Gasteiger partial charge in [0.2, 0.25) is 0 Å². The average molecular weight is 392 g/mol. The summed E-state index contributed by atoms with van der Waals surface area (Å²) in [5, 5.41) is 21.3. The molecule has 0 spiro atoms. The van der Waals surface area contributed by atoms with E-state index in [4.69, 9.17) is 4.98 Å². The maximum absolute atomic E-state index is 13.6. The Morgan fingerprint density at radius 1 is 1.17 bits per heavy atom. The van der Waals surface area contributed by atoms with Gasteiger partial charge >= 0.3 is 5.97 Å². The lowest BCUT2D eigenvalue weighted by molar-refractivity contribution is -0.137. The van der Waals surface area contributed by atoms with Gasteiger partial charge in [0.1, 0.15) is 17.7 Å². The van der Waals surface area contributed by atoms with Crippen LogP contribution >= 0.6 is 0 Å². The number of hydrogen-bond acceptors (Lipinski definition) is 4. The highest BCUT2D eigenvalue weighted by atomic mass is 19.1. The van der Waals surface area contributed by atoms with Gasteiger partial charge in [-0.05, 0) is 48.2 Å². The van der Waals surface area contributed by atoms with Crippen LogP contribution in [-0.2, 0) is 4.79 Å². The van der Waals surface area contributed by atoms with Crippen LogP contribution in [-0.4, -0.2) is 32.3 Å². The molecule has 6 nitrogen and oxygen atoms in total. The highest BCUT2D eigenvalue weighted by Crippen LogP contribution is 2.40. The summed E-state index contributed by atoms with van der Waals surface area (Å²) in [7, 11) is 0. The van der Waals surface area contributed by atoms with Crippen molar-refractivity contribution in [1.82, 2.24) is 15.2 Å². The second-order valence-electron chi connectivity index (χ2n) is 7.44. The fraction of sp³-hybridized carbons (Fsp3) is 0.227. The minimum atomic E-state index is -0.964. The van der Waals surface area contributed by atoms with E-state index in [1.807, 2.05) is 26.0 Å². The topological polar surface area (TPSA) is 90.9 Å². The minimum absolute atomic E-state index is 0.0514. The van der Waals surface area contributed by atoms with E-state index >= 15 is 0 Å². The first-order valence-corrected chi connectivity index (χ1v) is 9.41. The summed E-state index contributed by atoms with van der Waals surface area (Å²) in [6.07, 6.45) is 1.75. The lowest BCUT2D eigenvalue weighted by Gasteiger charge is -2.22. The number of pyridine rings is 1. The molecule has 7 heteroatoms. The summed E-state index contributed by atoms with van der Waals surface area (Å²) in [5.41, 5.74) is 4.18. The molecule has 0 aliphatic rings. The number of carboxylic acids is 1. The number of carbonyl (C=O) groups is 1. The molecule has 2 heterocycles. The molecule has 148 valence electrons. The number of H-pyrrole nitrogens is 1. The Hall–Kier alpha value is -3.48. The molecular weight excluding hydrogens is 371 g/mol. The number of benzene rings is 2. The Bertz CT molecular complexity index is 1220. The third-order valence-electron chi connectivity index (χ3n) is 5.02. The molecule has 4 aromatic rings. The normalized spacial score (nSPS) is 12.6. The predicted molar refractivity (Wildman–Crippen MR) is 112 cm³/mol. The van der Waals surface area contributed by atoms with Gasteiger partial charge in [0.15, 0.2) is 0 Å². The van der Waals surface area contributed by atoms with Crippen LogP contribution in [0.5, 0.6) is 0 Å². The summed E-state index contributed by atoms with van der Waals surface area (Å²) < 4.78 is 13.6. The van der Waals surface area contributed by atoms with E-state index in [1.54, 1.807) is 25.3 Å². The summed E-state index contributed by atoms with van der Waals surface area (Å²) in [6.45, 7) is 5.64. The van der Waals surface area contributed by atoms with Crippen LogP contribution in [0.4, 0.5) is 10.2 Å². The number of hydrogen-bond donors (Lipinski definition) is 3. The van der Waals surface area contributed by atoms with E-state index in [2.05, 4.69) is 15.5 Å². The van der Waals surface area contributed by atoms with Gasteiger partial charge in [-0.1, -0.05) is 26.0 Å². The molecule has 0 amide bonds. The Balaban J connectivity index is 2.09. The number of carboxylic acid groups (broad SMARTS) is 1. The third-order valence-corrected chi connectivity index (χ3v) is 5.02. The van der Waals surface area contributed by atoms with Crippen molar-refractivity contribution in [2.45, 2.75) is 32.7 Å². The third kappa shape index (κ3) is 3.40. The fourth-order valence-electron chi connectivity index (χ4n) is 3.58. The van der Waals surface area contributed by atoms with Gasteiger partial charge in [-0.3, -0.25) is 9.89 Å². The first-order chi connectivity index (χ1) is 13.8. The van der Waals surface area contributed by atoms with Crippen LogP contribution in [0.3, 0.4) is 0 Å². The quantitative estimate of drug-likeness (QED) is 0.448. The van der Waals surface area contributed by atoms with Gasteiger partial charge in [0.25, 0.3) is 0 Å². The van der Waals surface area contributed by atoms with Gasteiger partial charge in [-0.2, -0.15) is 5.10 Å². The molecule has 0 unspecified atom stereocenters. The van der Waals surface area contributed by atoms with Crippen molar-refractivity contribution in [2.24, 2.45) is 0 Å². The van der Waals surface area contributed by atoms with Crippen molar-refractivity contribution in [3.05, 3.63) is 54.0 Å². The SMILES string of the molecule is CC(C)c1c(N[C@H](C)C(=O)O)nc2cc3[nH]ncc3cc2c1-c1ccc(F)cc1. The van der Waals surface area contributed by atoms with Gasteiger partial charge in [-0.25, -0.2) is 9.37 Å². The van der Waals surface area contributed by atoms with Gasteiger partial charge in [-0.15, -0.1) is 0 Å². The van der Waals surface area contributed by atoms with E-state index in [9.17, 15) is 14.3 Å². The molecule has 0 saturated carbocycles. The smallest absolute Gasteiger partial charge is 0.325 e. The zero-order chi connectivity index (χ0) is 20.7. The minimum Gasteiger partial charge on any atom is -0.480 e. The lowest BCUT2D eigenvalue weighted by atomic mass is 9.89. The molecule has 4 rings (SSSR count). The number of anilines is 1. The standard InChI is InChI=1S/C22H21FN4O2/c1-11(2)19-20(13-4-6-15(23)7-5-13)16-8-14-10-24-27-17(14)9-18(16)26-21(19)25-12(3)22(28)29/h4-12H,1-3H3,(H,24,27)(H,25,26)(H,28,29)/t12-/m1/s1. The maximum Gasteiger partial charge on any atom is 0.325 e. The zero-order valence-electron chi connectivity index (χ0n) is 16.3. The molecule has 0 saturated heterocycles. The van der Waals surface area contributed by atoms with E-state index in [0.29, 0.717) is 11.3 Å². The molecule has 0 fully saturated rings. The molecular formula is C22H21FN4O2. The molecule has 0 aliphatic carbocycles. The number of fused-ring (bicyclic) bond motifs is 2. The van der Waals surface area contributed by atoms with Crippen LogP contribution in [0.25, 0.3) is 32.9 Å². The first kappa shape index (κ1) is 18.9. The zero-order valence-corrected chi connectivity index (χ0v) is 16.3. The summed E-state index contributed by atoms with van der Waals surface area (Å²) in [4.78, 5) is 16.2. The molecule has 2 aromatic heterocycles. The van der Waals surface area contributed by atoms with Gasteiger partial charge in [0.05, 0.1) is 17.2 Å². The molecule has 0 radical (unpaired) electrons. The Labute approximate surface area is 166 Å². The number of aliphatic carboxylic acids is 1. The second-order valence-corrected chi connectivity index (χ2v) is 7.44. The Kier molecular flexibility index (Phi) is 4.66. The summed E-state index contributed by atoms with van der Waals surface area (Å²) >= 11 is 0. The Morgan fingerprint density at radius 3 is 2.55 bits per heavy atom. The highest BCUT2D eigenvalue weighted by molar-refractivity contribution is 6.05. The largest absolute Gasteiger partial charge is 0.480 e. The van der Waals surface area contributed by atoms with Crippen molar-refractivity contribution in [3.63, 3.8) is 0 Å². The number of nitrogens with zero attached hydrogens (tertiary/aromatic N) is 2. The van der Waals surface area contributed by atoms with E-state index in [-0.39, 0.29) is 11.7 Å². The van der Waals surface area contributed by atoms with Crippen molar-refractivity contribution in [3.8, 4) is 11.1 Å². The highest BCUT2D eigenvalue weighted by Gasteiger charge is 2.22. The number of aromatic amines is 1. The van der Waals surface area contributed by atoms with Crippen molar-refractivity contribution < 1.29 is 14.3 Å². The molecule has 2 aromatic carbocycles. The van der Waals surface area contributed by atoms with Crippen molar-refractivity contribution >= 4 is 33.6 Å². The average Bonchev–Trinajstić information content (AvgIpc) is 3.13. The maximum atomic E-state index is 13.6. The van der Waals surface area contributed by atoms with Gasteiger partial charge < -0.3 is 10.4 Å². The number of aromatic nitrogens is 3. The number of halogens is 1. The van der Waals surface area contributed by atoms with Crippen LogP contribution in [0.2, 0.25) is 0 Å². The number of rotatable bonds is 5. The fourth-order valence-corrected chi connectivity index (χ4v) is 3.58. The van der Waals surface area contributed by atoms with E-state index in [1.165, 1.54) is 12.1 Å². The molecule has 0 aliphatic heterocycles. The summed E-state index contributed by atoms with van der Waals surface area (Å²) in [5.74, 6) is -0.710. The van der Waals surface area contributed by atoms with Crippen LogP contribution in [0, 0.1) is 5.82 Å². The monoisotopic (exact) mass is 392 g/mol. The molecule has 3 N–H and O–H groups in total. The lowest BCUT2D eigenvalue weighted by Crippen LogP contribution is -2.27. The molecule has 29 heavy (non-hydrogen) atoms. The first-order valence-electron chi connectivity index (χ1n) is 9.41. The number of nitrogens with one attached hydrogen (secondary N) is 2. The second kappa shape index (κ2) is 7.16. The van der Waals surface area contributed by atoms with E-state index in [0.717, 1.165) is 33.0 Å². The van der Waals surface area contributed by atoms with Gasteiger partial charge in [0, 0.05) is 16.3 Å².